The van der Waals surface area contributed by atoms with Crippen LogP contribution in [0.25, 0.3) is 10.3 Å². The van der Waals surface area contributed by atoms with Crippen LogP contribution in [0.4, 0.5) is 0 Å². The lowest BCUT2D eigenvalue weighted by Gasteiger charge is -2.46. The summed E-state index contributed by atoms with van der Waals surface area (Å²) in [6, 6.07) is 1.48. The van der Waals surface area contributed by atoms with E-state index in [4.69, 9.17) is 0 Å². The van der Waals surface area contributed by atoms with Crippen LogP contribution in [0.5, 0.6) is 0 Å². The predicted molar refractivity (Wildman–Crippen MR) is 90.7 cm³/mol. The van der Waals surface area contributed by atoms with Crippen LogP contribution in [0.3, 0.4) is 0 Å². The summed E-state index contributed by atoms with van der Waals surface area (Å²) in [5.74, 6) is -2.24. The maximum Gasteiger partial charge on any atom is 0.353 e. The van der Waals surface area contributed by atoms with Crippen molar-refractivity contribution in [2.75, 3.05) is 0 Å². The van der Waals surface area contributed by atoms with Crippen LogP contribution < -0.4 is 0 Å². The number of aliphatic hydroxyl groups is 1. The molecule has 25 heavy (non-hydrogen) atoms. The summed E-state index contributed by atoms with van der Waals surface area (Å²) in [5.41, 5.74) is 0.508. The summed E-state index contributed by atoms with van der Waals surface area (Å²) >= 11 is 2.65. The summed E-state index contributed by atoms with van der Waals surface area (Å²) in [4.78, 5) is 30.3. The third-order valence-corrected chi connectivity index (χ3v) is 6.92. The highest BCUT2D eigenvalue weighted by Crippen LogP contribution is 2.52. The molecule has 1 amide bonds. The first-order valence-electron chi connectivity index (χ1n) is 7.65. The largest absolute Gasteiger partial charge is 0.477 e. The number of aromatic nitrogens is 3. The number of carbonyl (C=O) groups excluding carboxylic acids is 1. The Balaban J connectivity index is 1.72. The summed E-state index contributed by atoms with van der Waals surface area (Å²) in [6.45, 7) is 3.44. The van der Waals surface area contributed by atoms with Gasteiger partial charge in [-0.2, -0.15) is 5.10 Å². The fraction of sp³-hybridized carbons (Fsp3) is 0.400. The van der Waals surface area contributed by atoms with Crippen molar-refractivity contribution < 1.29 is 19.8 Å². The van der Waals surface area contributed by atoms with Crippen molar-refractivity contribution >= 4 is 45.3 Å². The fourth-order valence-corrected chi connectivity index (χ4v) is 5.73. The normalized spacial score (nSPS) is 26.8. The van der Waals surface area contributed by atoms with Crippen LogP contribution in [-0.2, 0) is 9.59 Å². The zero-order valence-electron chi connectivity index (χ0n) is 13.3. The molecule has 2 aliphatic heterocycles. The van der Waals surface area contributed by atoms with Crippen molar-refractivity contribution in [3.8, 4) is 0 Å². The molecule has 0 bridgehead atoms. The second-order valence-corrected chi connectivity index (χ2v) is 8.39. The summed E-state index contributed by atoms with van der Waals surface area (Å²) in [5, 5.41) is 27.2. The Morgan fingerprint density at radius 1 is 1.48 bits per heavy atom. The number of thiazole rings is 1. The molecule has 8 nitrogen and oxygen atoms in total. The Labute approximate surface area is 150 Å². The zero-order chi connectivity index (χ0) is 17.9. The second kappa shape index (κ2) is 5.75. The van der Waals surface area contributed by atoms with Crippen LogP contribution >= 0.6 is 23.1 Å². The van der Waals surface area contributed by atoms with Gasteiger partial charge in [0.15, 0.2) is 9.99 Å². The van der Waals surface area contributed by atoms with Crippen LogP contribution in [0.2, 0.25) is 0 Å². The molecule has 4 heterocycles. The molecule has 0 aliphatic carbocycles. The van der Waals surface area contributed by atoms with Gasteiger partial charge >= 0.3 is 5.97 Å². The summed E-state index contributed by atoms with van der Waals surface area (Å²) in [6.07, 6.45) is 0.765. The highest BCUT2D eigenvalue weighted by molar-refractivity contribution is 8.04. The Morgan fingerprint density at radius 2 is 2.24 bits per heavy atom. The van der Waals surface area contributed by atoms with Gasteiger partial charge in [-0.3, -0.25) is 4.79 Å². The van der Waals surface area contributed by atoms with Gasteiger partial charge in [0.2, 0.25) is 5.91 Å². The van der Waals surface area contributed by atoms with Crippen molar-refractivity contribution in [3.05, 3.63) is 22.9 Å². The number of aliphatic carboxylic acids is 1. The molecule has 4 unspecified atom stereocenters. The lowest BCUT2D eigenvalue weighted by Crippen LogP contribution is -2.63. The molecule has 0 saturated carbocycles. The van der Waals surface area contributed by atoms with E-state index in [9.17, 15) is 19.8 Å². The fourth-order valence-electron chi connectivity index (χ4n) is 3.47. The molecule has 0 aromatic carbocycles. The van der Waals surface area contributed by atoms with Crippen molar-refractivity contribution in [1.29, 1.82) is 0 Å². The summed E-state index contributed by atoms with van der Waals surface area (Å²) < 4.78 is 1.52. The van der Waals surface area contributed by atoms with Gasteiger partial charge < -0.3 is 15.1 Å². The van der Waals surface area contributed by atoms with Crippen LogP contribution in [0, 0.1) is 11.8 Å². The lowest BCUT2D eigenvalue weighted by molar-refractivity contribution is -0.163. The molecule has 4 rings (SSSR count). The molecular weight excluding hydrogens is 364 g/mol. The standard InChI is InChI=1S/C15H14N4O4S2/c1-5-9-8(6(2)20)13(21)19(9)10(14(22)23)11(5)25-15-17-12-7(24-15)3-4-16-18-12/h3-6,8-9,20H,1-2H3,(H,22,23). The van der Waals surface area contributed by atoms with Crippen molar-refractivity contribution in [1.82, 2.24) is 20.1 Å². The first kappa shape index (κ1) is 16.4. The van der Waals surface area contributed by atoms with Crippen LogP contribution in [-0.4, -0.2) is 54.3 Å². The number of β-lactam (4-membered cyclic amide) rings is 1. The molecule has 10 heteroatoms. The number of amides is 1. The Kier molecular flexibility index (Phi) is 3.78. The van der Waals surface area contributed by atoms with Crippen LogP contribution in [0.1, 0.15) is 13.8 Å². The molecule has 2 aliphatic rings. The average Bonchev–Trinajstić information content (AvgIpc) is 3.05. The highest BCUT2D eigenvalue weighted by atomic mass is 32.2. The van der Waals surface area contributed by atoms with E-state index in [1.165, 1.54) is 28.0 Å². The van der Waals surface area contributed by atoms with E-state index < -0.39 is 18.0 Å². The second-order valence-electron chi connectivity index (χ2n) is 6.07. The van der Waals surface area contributed by atoms with Gasteiger partial charge in [0, 0.05) is 10.8 Å². The third-order valence-electron chi connectivity index (χ3n) is 4.57. The topological polar surface area (TPSA) is 117 Å². The maximum atomic E-state index is 12.3. The minimum atomic E-state index is -1.14. The van der Waals surface area contributed by atoms with Gasteiger partial charge in [-0.05, 0) is 13.0 Å². The lowest BCUT2D eigenvalue weighted by atomic mass is 9.79. The monoisotopic (exact) mass is 378 g/mol. The molecule has 4 atom stereocenters. The molecule has 2 N–H and O–H groups in total. The van der Waals surface area contributed by atoms with E-state index in [0.717, 1.165) is 4.70 Å². The maximum absolute atomic E-state index is 12.3. The van der Waals surface area contributed by atoms with E-state index in [2.05, 4.69) is 15.2 Å². The molecule has 1 saturated heterocycles. The van der Waals surface area contributed by atoms with E-state index in [0.29, 0.717) is 14.9 Å². The number of thioether (sulfide) groups is 1. The SMILES string of the molecule is CC(O)C1C(=O)N2C(C(=O)O)=C(Sc3nc4nnccc4s3)C(C)C12. The molecule has 0 spiro atoms. The number of hydrogen-bond donors (Lipinski definition) is 2. The van der Waals surface area contributed by atoms with Gasteiger partial charge in [-0.1, -0.05) is 18.7 Å². The molecule has 2 aromatic heterocycles. The Bertz CT molecular complexity index is 892. The van der Waals surface area contributed by atoms with Gasteiger partial charge in [0.1, 0.15) is 5.70 Å². The number of fused-ring (bicyclic) bond motifs is 2. The molecular formula is C15H14N4O4S2. The number of rotatable bonds is 4. The van der Waals surface area contributed by atoms with Gasteiger partial charge in [0.05, 0.1) is 29.0 Å². The van der Waals surface area contributed by atoms with Gasteiger partial charge in [-0.25, -0.2) is 9.78 Å². The van der Waals surface area contributed by atoms with E-state index >= 15 is 0 Å². The van der Waals surface area contributed by atoms with Crippen LogP contribution in [0.15, 0.2) is 27.2 Å². The smallest absolute Gasteiger partial charge is 0.353 e. The van der Waals surface area contributed by atoms with Crippen molar-refractivity contribution in [2.45, 2.75) is 30.3 Å². The van der Waals surface area contributed by atoms with E-state index in [1.54, 1.807) is 19.2 Å². The van der Waals surface area contributed by atoms with Crippen molar-refractivity contribution in [3.63, 3.8) is 0 Å². The number of carbonyl (C=O) groups is 2. The first-order chi connectivity index (χ1) is 11.9. The Hall–Kier alpha value is -2.04. The zero-order valence-corrected chi connectivity index (χ0v) is 14.9. The number of aliphatic hydroxyl groups excluding tert-OH is 1. The quantitative estimate of drug-likeness (QED) is 0.766. The van der Waals surface area contributed by atoms with Gasteiger partial charge in [0.25, 0.3) is 0 Å². The average molecular weight is 378 g/mol. The molecule has 0 radical (unpaired) electrons. The Morgan fingerprint density at radius 3 is 2.88 bits per heavy atom. The molecule has 2 aromatic rings. The molecule has 130 valence electrons. The van der Waals surface area contributed by atoms with E-state index in [-0.39, 0.29) is 23.6 Å². The summed E-state index contributed by atoms with van der Waals surface area (Å²) in [7, 11) is 0. The first-order valence-corrected chi connectivity index (χ1v) is 9.28. The van der Waals surface area contributed by atoms with E-state index in [1.807, 2.05) is 6.92 Å². The van der Waals surface area contributed by atoms with Gasteiger partial charge in [-0.15, -0.1) is 16.4 Å². The van der Waals surface area contributed by atoms with Crippen molar-refractivity contribution in [2.24, 2.45) is 11.8 Å². The number of hydrogen-bond acceptors (Lipinski definition) is 8. The number of carboxylic acid groups (broad SMARTS) is 1. The predicted octanol–water partition coefficient (Wildman–Crippen LogP) is 1.33. The number of carboxylic acids is 1. The minimum Gasteiger partial charge on any atom is -0.477 e. The number of nitrogens with zero attached hydrogens (tertiary/aromatic N) is 4. The highest BCUT2D eigenvalue weighted by Gasteiger charge is 2.60. The third kappa shape index (κ3) is 2.35. The molecule has 1 fully saturated rings. The minimum absolute atomic E-state index is 0.00487.